The largest absolute Gasteiger partial charge is 0.452 e. The molecular formula is C21H26N4O5. The van der Waals surface area contributed by atoms with Crippen molar-refractivity contribution in [3.8, 4) is 0 Å². The molecule has 0 aliphatic carbocycles. The van der Waals surface area contributed by atoms with Crippen molar-refractivity contribution in [2.75, 3.05) is 23.8 Å². The van der Waals surface area contributed by atoms with E-state index in [1.165, 1.54) is 10.6 Å². The highest BCUT2D eigenvalue weighted by Crippen LogP contribution is 2.18. The number of hydrogen-bond donors (Lipinski definition) is 2. The van der Waals surface area contributed by atoms with Crippen LogP contribution in [0, 0.1) is 0 Å². The van der Waals surface area contributed by atoms with Crippen LogP contribution in [0.15, 0.2) is 52.1 Å². The number of nitrogens with zero attached hydrogens (tertiary/aromatic N) is 2. The third-order valence-electron chi connectivity index (χ3n) is 4.24. The first kappa shape index (κ1) is 22.7. The van der Waals surface area contributed by atoms with Gasteiger partial charge < -0.3 is 15.4 Å². The summed E-state index contributed by atoms with van der Waals surface area (Å²) in [6.07, 6.45) is 4.02. The molecule has 0 atom stereocenters. The number of anilines is 2. The zero-order valence-electron chi connectivity index (χ0n) is 17.1. The fourth-order valence-electron chi connectivity index (χ4n) is 2.82. The first-order valence-corrected chi connectivity index (χ1v) is 9.69. The van der Waals surface area contributed by atoms with Gasteiger partial charge in [-0.1, -0.05) is 50.3 Å². The molecule has 0 aliphatic rings. The fourth-order valence-corrected chi connectivity index (χ4v) is 2.82. The summed E-state index contributed by atoms with van der Waals surface area (Å²) < 4.78 is 6.14. The standard InChI is InChI=1S/C21H26N4O5/c1-3-5-11-17(27)30-14-16(26)24(12-4-2)18-19(22)25(21(29)23-20(18)28)13-15-9-7-6-8-10-15/h5-11H,3-4,12-14,22H2,1-2H3,(H,23,28,29)/b11-5+. The number of rotatable bonds is 9. The number of nitrogen functional groups attached to an aromatic ring is 1. The first-order valence-electron chi connectivity index (χ1n) is 9.69. The van der Waals surface area contributed by atoms with Crippen molar-refractivity contribution in [3.63, 3.8) is 0 Å². The topological polar surface area (TPSA) is 127 Å². The maximum absolute atomic E-state index is 12.7. The van der Waals surface area contributed by atoms with Crippen LogP contribution in [0.2, 0.25) is 0 Å². The summed E-state index contributed by atoms with van der Waals surface area (Å²) in [6, 6.07) is 9.10. The number of H-pyrrole nitrogens is 1. The molecule has 2 aromatic rings. The van der Waals surface area contributed by atoms with E-state index in [0.717, 1.165) is 10.5 Å². The molecule has 1 aromatic heterocycles. The van der Waals surface area contributed by atoms with Gasteiger partial charge in [-0.05, 0) is 18.4 Å². The lowest BCUT2D eigenvalue weighted by atomic mass is 10.2. The predicted molar refractivity (Wildman–Crippen MR) is 114 cm³/mol. The molecule has 0 aliphatic heterocycles. The molecule has 2 rings (SSSR count). The average molecular weight is 414 g/mol. The van der Waals surface area contributed by atoms with E-state index >= 15 is 0 Å². The minimum Gasteiger partial charge on any atom is -0.452 e. The van der Waals surface area contributed by atoms with E-state index in [2.05, 4.69) is 4.98 Å². The number of esters is 1. The maximum atomic E-state index is 12.7. The second-order valence-electron chi connectivity index (χ2n) is 6.53. The normalized spacial score (nSPS) is 10.9. The Morgan fingerprint density at radius 2 is 1.90 bits per heavy atom. The van der Waals surface area contributed by atoms with Gasteiger partial charge in [0.1, 0.15) is 5.82 Å². The number of benzene rings is 1. The van der Waals surface area contributed by atoms with Crippen molar-refractivity contribution < 1.29 is 14.3 Å². The van der Waals surface area contributed by atoms with Crippen LogP contribution in [-0.4, -0.2) is 34.6 Å². The Morgan fingerprint density at radius 3 is 2.53 bits per heavy atom. The summed E-state index contributed by atoms with van der Waals surface area (Å²) >= 11 is 0. The average Bonchev–Trinajstić information content (AvgIpc) is 2.73. The number of aromatic nitrogens is 2. The number of ether oxygens (including phenoxy) is 1. The lowest BCUT2D eigenvalue weighted by Crippen LogP contribution is -2.43. The van der Waals surface area contributed by atoms with Gasteiger partial charge in [0.2, 0.25) is 0 Å². The lowest BCUT2D eigenvalue weighted by molar-refractivity contribution is -0.143. The fraction of sp³-hybridized carbons (Fsp3) is 0.333. The highest BCUT2D eigenvalue weighted by Gasteiger charge is 2.24. The monoisotopic (exact) mass is 414 g/mol. The van der Waals surface area contributed by atoms with Crippen LogP contribution in [-0.2, 0) is 20.9 Å². The van der Waals surface area contributed by atoms with Crippen LogP contribution in [0.3, 0.4) is 0 Å². The van der Waals surface area contributed by atoms with E-state index in [1.807, 2.05) is 44.2 Å². The van der Waals surface area contributed by atoms with Crippen molar-refractivity contribution in [1.82, 2.24) is 9.55 Å². The molecule has 1 amide bonds. The number of hydrogen-bond acceptors (Lipinski definition) is 6. The van der Waals surface area contributed by atoms with Crippen LogP contribution >= 0.6 is 0 Å². The minimum atomic E-state index is -0.777. The van der Waals surface area contributed by atoms with E-state index in [9.17, 15) is 19.2 Å². The molecule has 3 N–H and O–H groups in total. The summed E-state index contributed by atoms with van der Waals surface area (Å²) in [5, 5.41) is 0. The van der Waals surface area contributed by atoms with Crippen LogP contribution in [0.1, 0.15) is 32.3 Å². The Bertz CT molecular complexity index is 1020. The number of aromatic amines is 1. The van der Waals surface area contributed by atoms with Crippen molar-refractivity contribution in [2.45, 2.75) is 33.2 Å². The SMILES string of the molecule is CC/C=C/C(=O)OCC(=O)N(CCC)c1c(N)n(Cc2ccccc2)c(=O)[nH]c1=O. The number of carbonyl (C=O) groups excluding carboxylic acids is 2. The molecule has 0 unspecified atom stereocenters. The zero-order valence-corrected chi connectivity index (χ0v) is 17.1. The van der Waals surface area contributed by atoms with Crippen LogP contribution in [0.25, 0.3) is 0 Å². The number of carbonyl (C=O) groups is 2. The zero-order chi connectivity index (χ0) is 22.1. The Morgan fingerprint density at radius 1 is 1.20 bits per heavy atom. The molecule has 0 fully saturated rings. The molecule has 1 heterocycles. The van der Waals surface area contributed by atoms with Gasteiger partial charge in [0.15, 0.2) is 12.3 Å². The Kier molecular flexibility index (Phi) is 8.16. The number of allylic oxidation sites excluding steroid dienone is 1. The number of nitrogens with two attached hydrogens (primary N) is 1. The highest BCUT2D eigenvalue weighted by molar-refractivity contribution is 5.97. The van der Waals surface area contributed by atoms with Gasteiger partial charge in [0.25, 0.3) is 11.5 Å². The molecule has 9 heteroatoms. The van der Waals surface area contributed by atoms with Crippen LogP contribution < -0.4 is 21.9 Å². The van der Waals surface area contributed by atoms with Crippen LogP contribution in [0.4, 0.5) is 11.5 Å². The Balaban J connectivity index is 2.37. The second kappa shape index (κ2) is 10.8. The van der Waals surface area contributed by atoms with Crippen molar-refractivity contribution in [3.05, 3.63) is 68.9 Å². The predicted octanol–water partition coefficient (Wildman–Crippen LogP) is 1.42. The van der Waals surface area contributed by atoms with Crippen molar-refractivity contribution in [1.29, 1.82) is 0 Å². The lowest BCUT2D eigenvalue weighted by Gasteiger charge is -2.24. The molecule has 0 saturated heterocycles. The summed E-state index contributed by atoms with van der Waals surface area (Å²) in [5.74, 6) is -1.40. The molecule has 9 nitrogen and oxygen atoms in total. The quantitative estimate of drug-likeness (QED) is 0.472. The first-order chi connectivity index (χ1) is 14.4. The van der Waals surface area contributed by atoms with Gasteiger partial charge in [-0.2, -0.15) is 0 Å². The minimum absolute atomic E-state index is 0.125. The van der Waals surface area contributed by atoms with E-state index in [0.29, 0.717) is 12.8 Å². The summed E-state index contributed by atoms with van der Waals surface area (Å²) in [6.45, 7) is 3.42. The van der Waals surface area contributed by atoms with Gasteiger partial charge in [-0.15, -0.1) is 0 Å². The van der Waals surface area contributed by atoms with Gasteiger partial charge in [0.05, 0.1) is 6.54 Å². The second-order valence-corrected chi connectivity index (χ2v) is 6.53. The molecule has 0 radical (unpaired) electrons. The van der Waals surface area contributed by atoms with Crippen molar-refractivity contribution in [2.24, 2.45) is 0 Å². The molecule has 30 heavy (non-hydrogen) atoms. The third kappa shape index (κ3) is 5.69. The maximum Gasteiger partial charge on any atom is 0.330 e. The smallest absolute Gasteiger partial charge is 0.330 e. The van der Waals surface area contributed by atoms with Gasteiger partial charge in [-0.25, -0.2) is 9.59 Å². The van der Waals surface area contributed by atoms with Crippen molar-refractivity contribution >= 4 is 23.4 Å². The summed E-state index contributed by atoms with van der Waals surface area (Å²) in [4.78, 5) is 52.5. The number of amides is 1. The molecule has 0 spiro atoms. The highest BCUT2D eigenvalue weighted by atomic mass is 16.5. The third-order valence-corrected chi connectivity index (χ3v) is 4.24. The van der Waals surface area contributed by atoms with E-state index in [1.54, 1.807) is 6.08 Å². The summed E-state index contributed by atoms with van der Waals surface area (Å²) in [5.41, 5.74) is 5.36. The molecule has 1 aromatic carbocycles. The summed E-state index contributed by atoms with van der Waals surface area (Å²) in [7, 11) is 0. The van der Waals surface area contributed by atoms with Gasteiger partial charge >= 0.3 is 11.7 Å². The molecule has 160 valence electrons. The van der Waals surface area contributed by atoms with E-state index in [-0.39, 0.29) is 24.6 Å². The van der Waals surface area contributed by atoms with E-state index < -0.39 is 29.7 Å². The van der Waals surface area contributed by atoms with E-state index in [4.69, 9.17) is 10.5 Å². The van der Waals surface area contributed by atoms with Gasteiger partial charge in [0, 0.05) is 12.6 Å². The number of nitrogens with one attached hydrogen (secondary N) is 1. The Labute approximate surface area is 173 Å². The Hall–Kier alpha value is -3.62. The van der Waals surface area contributed by atoms with Crippen LogP contribution in [0.5, 0.6) is 0 Å². The molecular weight excluding hydrogens is 388 g/mol. The molecule has 0 saturated carbocycles. The molecule has 0 bridgehead atoms. The van der Waals surface area contributed by atoms with Gasteiger partial charge in [-0.3, -0.25) is 19.1 Å².